The fraction of sp³-hybridized carbons (Fsp3) is 0.250. The molecule has 4 aromatic rings. The molecular weight excluding hydrogens is 326 g/mol. The summed E-state index contributed by atoms with van der Waals surface area (Å²) in [6.07, 6.45) is 1.79. The van der Waals surface area contributed by atoms with Gasteiger partial charge in [-0.3, -0.25) is 14.6 Å². The van der Waals surface area contributed by atoms with Crippen LogP contribution in [-0.4, -0.2) is 24.4 Å². The molecule has 132 valence electrons. The summed E-state index contributed by atoms with van der Waals surface area (Å²) < 4.78 is 3.46. The number of benzene rings is 1. The molecule has 0 saturated carbocycles. The third-order valence-electron chi connectivity index (χ3n) is 4.76. The van der Waals surface area contributed by atoms with Gasteiger partial charge in [0.2, 0.25) is 0 Å². The van der Waals surface area contributed by atoms with E-state index >= 15 is 0 Å². The number of fused-ring (bicyclic) bond motifs is 1. The first-order valence-corrected chi connectivity index (χ1v) is 8.70. The zero-order valence-electron chi connectivity index (χ0n) is 15.1. The Bertz CT molecular complexity index is 1120. The largest absolute Gasteiger partial charge is 0.293 e. The monoisotopic (exact) mass is 347 g/mol. The van der Waals surface area contributed by atoms with Crippen LogP contribution in [0.15, 0.2) is 53.5 Å². The van der Waals surface area contributed by atoms with E-state index in [1.54, 1.807) is 12.3 Å². The minimum Gasteiger partial charge on any atom is -0.293 e. The highest BCUT2D eigenvalue weighted by Crippen LogP contribution is 2.27. The minimum absolute atomic E-state index is 0.0742. The van der Waals surface area contributed by atoms with Gasteiger partial charge in [0.05, 0.1) is 5.69 Å². The van der Waals surface area contributed by atoms with E-state index in [4.69, 9.17) is 4.98 Å². The van der Waals surface area contributed by atoms with Crippen molar-refractivity contribution in [1.29, 1.82) is 0 Å². The molecule has 1 atom stereocenters. The number of hydrogen-bond donors (Lipinski definition) is 1. The Labute approximate surface area is 151 Å². The second kappa shape index (κ2) is 6.29. The average molecular weight is 347 g/mol. The Balaban J connectivity index is 1.83. The summed E-state index contributed by atoms with van der Waals surface area (Å²) in [6, 6.07) is 13.6. The van der Waals surface area contributed by atoms with Crippen LogP contribution < -0.4 is 5.56 Å². The molecule has 6 heteroatoms. The van der Waals surface area contributed by atoms with Gasteiger partial charge in [0, 0.05) is 41.7 Å². The Morgan fingerprint density at radius 2 is 1.92 bits per heavy atom. The molecule has 0 unspecified atom stereocenters. The van der Waals surface area contributed by atoms with E-state index in [0.717, 1.165) is 28.2 Å². The maximum atomic E-state index is 12.6. The maximum Gasteiger partial charge on any atom is 0.272 e. The van der Waals surface area contributed by atoms with Crippen LogP contribution in [0.25, 0.3) is 16.8 Å². The predicted octanol–water partition coefficient (Wildman–Crippen LogP) is 3.31. The predicted molar refractivity (Wildman–Crippen MR) is 101 cm³/mol. The van der Waals surface area contributed by atoms with Gasteiger partial charge < -0.3 is 0 Å². The lowest BCUT2D eigenvalue weighted by molar-refractivity contribution is 0.523. The molecule has 0 fully saturated rings. The zero-order valence-corrected chi connectivity index (χ0v) is 15.1. The molecule has 1 N–H and O–H groups in total. The highest BCUT2D eigenvalue weighted by atomic mass is 16.1. The Morgan fingerprint density at radius 1 is 1.15 bits per heavy atom. The quantitative estimate of drug-likeness (QED) is 0.616. The van der Waals surface area contributed by atoms with E-state index < -0.39 is 0 Å². The highest BCUT2D eigenvalue weighted by molar-refractivity contribution is 5.79. The summed E-state index contributed by atoms with van der Waals surface area (Å²) in [5, 5.41) is 7.47. The molecule has 3 aromatic heterocycles. The van der Waals surface area contributed by atoms with E-state index in [1.807, 2.05) is 54.9 Å². The normalized spacial score (nSPS) is 12.6. The highest BCUT2D eigenvalue weighted by Gasteiger charge is 2.17. The first-order valence-electron chi connectivity index (χ1n) is 8.70. The van der Waals surface area contributed by atoms with Crippen LogP contribution in [0.2, 0.25) is 0 Å². The molecule has 6 nitrogen and oxygen atoms in total. The molecule has 26 heavy (non-hydrogen) atoms. The molecule has 1 aromatic carbocycles. The molecule has 4 rings (SSSR count). The van der Waals surface area contributed by atoms with E-state index in [-0.39, 0.29) is 11.5 Å². The fourth-order valence-electron chi connectivity index (χ4n) is 3.31. The van der Waals surface area contributed by atoms with Gasteiger partial charge >= 0.3 is 0 Å². The van der Waals surface area contributed by atoms with E-state index in [2.05, 4.69) is 17.1 Å². The molecule has 0 radical (unpaired) electrons. The van der Waals surface area contributed by atoms with Crippen molar-refractivity contribution in [3.8, 4) is 11.1 Å². The second-order valence-electron chi connectivity index (χ2n) is 6.71. The van der Waals surface area contributed by atoms with Gasteiger partial charge in [-0.2, -0.15) is 5.10 Å². The Morgan fingerprint density at radius 3 is 2.62 bits per heavy atom. The van der Waals surface area contributed by atoms with E-state index in [9.17, 15) is 4.79 Å². The van der Waals surface area contributed by atoms with Crippen molar-refractivity contribution in [2.45, 2.75) is 33.2 Å². The summed E-state index contributed by atoms with van der Waals surface area (Å²) in [6.45, 7) is 6.74. The SMILES string of the molecule is Cc1[nH]n2c(=O)cc([C@H](C)Cn3nccc3C)nc2c1-c1ccccc1. The summed E-state index contributed by atoms with van der Waals surface area (Å²) >= 11 is 0. The summed E-state index contributed by atoms with van der Waals surface area (Å²) in [7, 11) is 0. The van der Waals surface area contributed by atoms with E-state index in [1.165, 1.54) is 4.52 Å². The topological polar surface area (TPSA) is 68.0 Å². The van der Waals surface area contributed by atoms with Gasteiger partial charge in [0.15, 0.2) is 5.65 Å². The summed E-state index contributed by atoms with van der Waals surface area (Å²) in [4.78, 5) is 17.5. The first kappa shape index (κ1) is 16.3. The standard InChI is InChI=1S/C20H21N5O/c1-13(12-24-14(2)9-10-21-24)17-11-18(26)25-20(22-17)19(15(3)23-25)16-7-5-4-6-8-16/h4-11,13,23H,12H2,1-3H3/t13-/m1/s1. The number of hydrogen-bond acceptors (Lipinski definition) is 3. The van der Waals surface area contributed by atoms with Crippen molar-refractivity contribution in [1.82, 2.24) is 24.4 Å². The smallest absolute Gasteiger partial charge is 0.272 e. The van der Waals surface area contributed by atoms with Gasteiger partial charge in [-0.15, -0.1) is 0 Å². The van der Waals surface area contributed by atoms with Crippen LogP contribution >= 0.6 is 0 Å². The molecule has 0 saturated heterocycles. The third-order valence-corrected chi connectivity index (χ3v) is 4.76. The van der Waals surface area contributed by atoms with Gasteiger partial charge in [0.1, 0.15) is 0 Å². The molecular formula is C20H21N5O. The molecule has 3 heterocycles. The number of nitrogens with one attached hydrogen (secondary N) is 1. The van der Waals surface area contributed by atoms with Crippen molar-refractivity contribution in [2.24, 2.45) is 0 Å². The first-order chi connectivity index (χ1) is 12.5. The van der Waals surface area contributed by atoms with Crippen LogP contribution in [0.4, 0.5) is 0 Å². The molecule has 0 aliphatic carbocycles. The number of aryl methyl sites for hydroxylation is 2. The van der Waals surface area contributed by atoms with E-state index in [0.29, 0.717) is 12.2 Å². The molecule has 0 aliphatic rings. The number of H-pyrrole nitrogens is 1. The van der Waals surface area contributed by atoms with Crippen molar-refractivity contribution >= 4 is 5.65 Å². The third kappa shape index (κ3) is 2.73. The number of nitrogens with zero attached hydrogens (tertiary/aromatic N) is 4. The molecule has 0 bridgehead atoms. The number of rotatable bonds is 4. The van der Waals surface area contributed by atoms with Gasteiger partial charge in [-0.25, -0.2) is 9.50 Å². The van der Waals surface area contributed by atoms with Crippen molar-refractivity contribution in [3.63, 3.8) is 0 Å². The lowest BCUT2D eigenvalue weighted by Gasteiger charge is -2.13. The molecule has 0 spiro atoms. The lowest BCUT2D eigenvalue weighted by atomic mass is 10.1. The van der Waals surface area contributed by atoms with Gasteiger partial charge in [-0.1, -0.05) is 37.3 Å². The summed E-state index contributed by atoms with van der Waals surface area (Å²) in [5.41, 5.74) is 5.38. The summed E-state index contributed by atoms with van der Waals surface area (Å²) in [5.74, 6) is 0.0742. The Hall–Kier alpha value is -3.15. The van der Waals surface area contributed by atoms with Crippen LogP contribution in [0, 0.1) is 13.8 Å². The van der Waals surface area contributed by atoms with Gasteiger partial charge in [-0.05, 0) is 25.5 Å². The Kier molecular flexibility index (Phi) is 3.95. The van der Waals surface area contributed by atoms with Crippen LogP contribution in [-0.2, 0) is 6.54 Å². The van der Waals surface area contributed by atoms with Crippen LogP contribution in [0.1, 0.15) is 29.9 Å². The lowest BCUT2D eigenvalue weighted by Crippen LogP contribution is -2.18. The van der Waals surface area contributed by atoms with Crippen LogP contribution in [0.3, 0.4) is 0 Å². The number of aromatic nitrogens is 5. The maximum absolute atomic E-state index is 12.6. The minimum atomic E-state index is -0.0979. The van der Waals surface area contributed by atoms with Crippen LogP contribution in [0.5, 0.6) is 0 Å². The average Bonchev–Trinajstić information content (AvgIpc) is 3.18. The number of aromatic amines is 1. The van der Waals surface area contributed by atoms with Crippen molar-refractivity contribution < 1.29 is 0 Å². The van der Waals surface area contributed by atoms with Crippen molar-refractivity contribution in [3.05, 3.63) is 76.1 Å². The second-order valence-corrected chi connectivity index (χ2v) is 6.71. The molecule has 0 amide bonds. The van der Waals surface area contributed by atoms with Gasteiger partial charge in [0.25, 0.3) is 5.56 Å². The fourth-order valence-corrected chi connectivity index (χ4v) is 3.31. The zero-order chi connectivity index (χ0) is 18.3. The van der Waals surface area contributed by atoms with Crippen molar-refractivity contribution in [2.75, 3.05) is 0 Å². The molecule has 0 aliphatic heterocycles.